The van der Waals surface area contributed by atoms with Crippen LogP contribution >= 0.6 is 35.0 Å². The second kappa shape index (κ2) is 10.3. The monoisotopic (exact) mass is 514 g/mol. The zero-order valence-electron chi connectivity index (χ0n) is 17.4. The number of hydrogen-bond donors (Lipinski definition) is 0. The molecule has 7 nitrogen and oxygen atoms in total. The molecule has 1 heterocycles. The number of imide groups is 1. The molecule has 1 aliphatic heterocycles. The summed E-state index contributed by atoms with van der Waals surface area (Å²) < 4.78 is 5.93. The smallest absolute Gasteiger partial charge is 0.293 e. The maximum absolute atomic E-state index is 13.0. The van der Waals surface area contributed by atoms with Crippen LogP contribution in [0.3, 0.4) is 0 Å². The van der Waals surface area contributed by atoms with Gasteiger partial charge in [-0.1, -0.05) is 65.7 Å². The summed E-state index contributed by atoms with van der Waals surface area (Å²) in [4.78, 5) is 37.1. The maximum Gasteiger partial charge on any atom is 0.293 e. The number of nitrogens with zero attached hydrogens (tertiary/aromatic N) is 2. The molecule has 1 aliphatic rings. The zero-order chi connectivity index (χ0) is 24.2. The van der Waals surface area contributed by atoms with Crippen molar-refractivity contribution in [3.05, 3.63) is 108 Å². The van der Waals surface area contributed by atoms with Crippen LogP contribution in [-0.4, -0.2) is 21.0 Å². The van der Waals surface area contributed by atoms with Crippen LogP contribution in [0.15, 0.2) is 71.6 Å². The number of rotatable bonds is 7. The molecular formula is C24H16Cl2N2O5S. The summed E-state index contributed by atoms with van der Waals surface area (Å²) in [7, 11) is 0. The first-order valence-electron chi connectivity index (χ1n) is 9.96. The van der Waals surface area contributed by atoms with Gasteiger partial charge in [0.1, 0.15) is 12.4 Å². The number of non-ortho nitro benzene ring substituents is 1. The van der Waals surface area contributed by atoms with E-state index in [4.69, 9.17) is 27.9 Å². The zero-order valence-corrected chi connectivity index (χ0v) is 19.8. The van der Waals surface area contributed by atoms with Crippen molar-refractivity contribution in [3.8, 4) is 5.75 Å². The Kier molecular flexibility index (Phi) is 7.21. The van der Waals surface area contributed by atoms with Gasteiger partial charge in [-0.25, -0.2) is 0 Å². The minimum atomic E-state index is -0.514. The molecule has 1 fully saturated rings. The van der Waals surface area contributed by atoms with Crippen molar-refractivity contribution >= 4 is 57.9 Å². The molecule has 0 aliphatic carbocycles. The highest BCUT2D eigenvalue weighted by Gasteiger charge is 2.35. The van der Waals surface area contributed by atoms with Gasteiger partial charge in [0.25, 0.3) is 16.8 Å². The molecule has 0 bridgehead atoms. The summed E-state index contributed by atoms with van der Waals surface area (Å²) in [6.45, 7) is 0.248. The van der Waals surface area contributed by atoms with Crippen molar-refractivity contribution in [1.29, 1.82) is 0 Å². The summed E-state index contributed by atoms with van der Waals surface area (Å²) in [5, 5.41) is 11.0. The number of halogens is 2. The third kappa shape index (κ3) is 5.41. The quantitative estimate of drug-likeness (QED) is 0.197. The average Bonchev–Trinajstić information content (AvgIpc) is 3.07. The Hall–Kier alpha value is -3.33. The molecule has 0 N–H and O–H groups in total. The third-order valence-electron chi connectivity index (χ3n) is 4.91. The minimum absolute atomic E-state index is 0.00628. The predicted molar refractivity (Wildman–Crippen MR) is 132 cm³/mol. The van der Waals surface area contributed by atoms with Crippen LogP contribution in [0.2, 0.25) is 10.0 Å². The highest BCUT2D eigenvalue weighted by atomic mass is 35.5. The number of thioether (sulfide) groups is 1. The molecule has 0 radical (unpaired) electrons. The number of nitro benzene ring substituents is 1. The lowest BCUT2D eigenvalue weighted by Gasteiger charge is -2.13. The van der Waals surface area contributed by atoms with E-state index in [1.807, 2.05) is 30.3 Å². The van der Waals surface area contributed by atoms with Gasteiger partial charge in [0.2, 0.25) is 0 Å². The van der Waals surface area contributed by atoms with E-state index in [1.165, 1.54) is 30.3 Å². The number of benzene rings is 3. The minimum Gasteiger partial charge on any atom is -0.487 e. The molecule has 0 spiro atoms. The average molecular weight is 515 g/mol. The molecule has 4 rings (SSSR count). The van der Waals surface area contributed by atoms with E-state index in [2.05, 4.69) is 0 Å². The molecule has 0 saturated carbocycles. The molecule has 3 aromatic carbocycles. The predicted octanol–water partition coefficient (Wildman–Crippen LogP) is 6.72. The van der Waals surface area contributed by atoms with Gasteiger partial charge in [-0.15, -0.1) is 0 Å². The molecular weight excluding hydrogens is 499 g/mol. The fourth-order valence-electron chi connectivity index (χ4n) is 3.25. The van der Waals surface area contributed by atoms with Crippen LogP contribution in [0.1, 0.15) is 16.7 Å². The molecule has 3 aromatic rings. The highest BCUT2D eigenvalue weighted by Crippen LogP contribution is 2.39. The first kappa shape index (κ1) is 23.8. The van der Waals surface area contributed by atoms with E-state index in [0.29, 0.717) is 21.9 Å². The van der Waals surface area contributed by atoms with E-state index in [0.717, 1.165) is 22.2 Å². The molecule has 0 atom stereocenters. The van der Waals surface area contributed by atoms with Gasteiger partial charge < -0.3 is 4.74 Å². The van der Waals surface area contributed by atoms with Crippen LogP contribution in [0.4, 0.5) is 10.5 Å². The highest BCUT2D eigenvalue weighted by molar-refractivity contribution is 8.18. The van der Waals surface area contributed by atoms with Gasteiger partial charge in [-0.2, -0.15) is 0 Å². The molecule has 172 valence electrons. The summed E-state index contributed by atoms with van der Waals surface area (Å²) in [6.07, 6.45) is 1.53. The third-order valence-corrected chi connectivity index (χ3v) is 6.32. The number of amides is 2. The van der Waals surface area contributed by atoms with Gasteiger partial charge in [-0.05, 0) is 41.1 Å². The van der Waals surface area contributed by atoms with Crippen molar-refractivity contribution in [1.82, 2.24) is 4.90 Å². The van der Waals surface area contributed by atoms with Crippen molar-refractivity contribution in [3.63, 3.8) is 0 Å². The van der Waals surface area contributed by atoms with Gasteiger partial charge >= 0.3 is 0 Å². The Morgan fingerprint density at radius 1 is 1.00 bits per heavy atom. The van der Waals surface area contributed by atoms with Gasteiger partial charge in [0.05, 0.1) is 21.4 Å². The van der Waals surface area contributed by atoms with E-state index in [1.54, 1.807) is 12.1 Å². The Balaban J connectivity index is 1.57. The number of carbonyl (C=O) groups excluding carboxylic acids is 2. The van der Waals surface area contributed by atoms with Crippen molar-refractivity contribution in [2.75, 3.05) is 0 Å². The van der Waals surface area contributed by atoms with Crippen molar-refractivity contribution in [2.45, 2.75) is 13.2 Å². The van der Waals surface area contributed by atoms with Gasteiger partial charge in [0, 0.05) is 22.7 Å². The molecule has 2 amide bonds. The van der Waals surface area contributed by atoms with Crippen LogP contribution in [0, 0.1) is 10.1 Å². The lowest BCUT2D eigenvalue weighted by Crippen LogP contribution is -2.27. The topological polar surface area (TPSA) is 89.8 Å². The SMILES string of the molecule is O=C1S/C(=C\c2cc(Cl)cc(Cl)c2OCc2ccccc2)C(=O)N1Cc1ccc([N+](=O)[O-])cc1. The standard InChI is InChI=1S/C24H16Cl2N2O5S/c25-18-10-17(22(20(26)12-18)33-14-16-4-2-1-3-5-16)11-21-23(29)27(24(30)34-21)13-15-6-8-19(9-7-15)28(31)32/h1-12H,13-14H2/b21-11-. The van der Waals surface area contributed by atoms with Crippen LogP contribution < -0.4 is 4.74 Å². The number of ether oxygens (including phenoxy) is 1. The van der Waals surface area contributed by atoms with E-state index >= 15 is 0 Å². The van der Waals surface area contributed by atoms with Crippen molar-refractivity contribution < 1.29 is 19.2 Å². The summed E-state index contributed by atoms with van der Waals surface area (Å²) in [5.74, 6) is -0.143. The molecule has 34 heavy (non-hydrogen) atoms. The second-order valence-electron chi connectivity index (χ2n) is 7.27. The molecule has 0 unspecified atom stereocenters. The largest absolute Gasteiger partial charge is 0.487 e. The molecule has 0 aromatic heterocycles. The van der Waals surface area contributed by atoms with E-state index < -0.39 is 16.1 Å². The fourth-order valence-corrected chi connectivity index (χ4v) is 4.65. The number of carbonyl (C=O) groups is 2. The Morgan fingerprint density at radius 2 is 1.71 bits per heavy atom. The van der Waals surface area contributed by atoms with E-state index in [9.17, 15) is 19.7 Å². The Labute approximate surface area is 209 Å². The first-order valence-corrected chi connectivity index (χ1v) is 11.5. The molecule has 10 heteroatoms. The lowest BCUT2D eigenvalue weighted by atomic mass is 10.1. The van der Waals surface area contributed by atoms with Crippen molar-refractivity contribution in [2.24, 2.45) is 0 Å². The summed E-state index contributed by atoms with van der Waals surface area (Å²) in [6, 6.07) is 18.3. The lowest BCUT2D eigenvalue weighted by molar-refractivity contribution is -0.384. The number of hydrogen-bond acceptors (Lipinski definition) is 6. The molecule has 1 saturated heterocycles. The van der Waals surface area contributed by atoms with Crippen LogP contribution in [0.25, 0.3) is 6.08 Å². The normalized spacial score (nSPS) is 14.6. The van der Waals surface area contributed by atoms with Crippen LogP contribution in [0.5, 0.6) is 5.75 Å². The first-order chi connectivity index (χ1) is 16.3. The van der Waals surface area contributed by atoms with Gasteiger partial charge in [-0.3, -0.25) is 24.6 Å². The second-order valence-corrected chi connectivity index (χ2v) is 9.11. The van der Waals surface area contributed by atoms with Crippen LogP contribution in [-0.2, 0) is 17.9 Å². The Bertz CT molecular complexity index is 1300. The summed E-state index contributed by atoms with van der Waals surface area (Å²) >= 11 is 13.3. The Morgan fingerprint density at radius 3 is 2.38 bits per heavy atom. The fraction of sp³-hybridized carbons (Fsp3) is 0.0833. The maximum atomic E-state index is 13.0. The van der Waals surface area contributed by atoms with Gasteiger partial charge in [0.15, 0.2) is 0 Å². The number of nitro groups is 1. The summed E-state index contributed by atoms with van der Waals surface area (Å²) in [5.41, 5.74) is 1.92. The van der Waals surface area contributed by atoms with E-state index in [-0.39, 0.29) is 28.8 Å².